The largest absolute Gasteiger partial charge is 0.444 e. The van der Waals surface area contributed by atoms with Gasteiger partial charge in [-0.2, -0.15) is 0 Å². The van der Waals surface area contributed by atoms with E-state index in [1.54, 1.807) is 20.9 Å². The minimum Gasteiger partial charge on any atom is -0.444 e. The van der Waals surface area contributed by atoms with Gasteiger partial charge in [-0.3, -0.25) is 4.99 Å². The lowest BCUT2D eigenvalue weighted by Crippen LogP contribution is -2.58. The van der Waals surface area contributed by atoms with Crippen molar-refractivity contribution in [2.24, 2.45) is 4.99 Å². The molecule has 0 saturated heterocycles. The molecule has 0 aliphatic heterocycles. The van der Waals surface area contributed by atoms with Crippen molar-refractivity contribution in [3.8, 4) is 0 Å². The Morgan fingerprint density at radius 1 is 1.00 bits per heavy atom. The van der Waals surface area contributed by atoms with E-state index < -0.39 is 32.8 Å². The second kappa shape index (κ2) is 10.3. The second-order valence-corrected chi connectivity index (χ2v) is 10.4. The predicted octanol–water partition coefficient (Wildman–Crippen LogP) is 1.56. The topological polar surface area (TPSA) is 121 Å². The van der Waals surface area contributed by atoms with Crippen molar-refractivity contribution in [1.29, 1.82) is 0 Å². The van der Waals surface area contributed by atoms with Crippen LogP contribution in [0.3, 0.4) is 0 Å². The average molecular weight is 422 g/mol. The molecule has 0 aliphatic carbocycles. The van der Waals surface area contributed by atoms with Crippen LogP contribution in [0.4, 0.5) is 4.79 Å². The molecule has 0 radical (unpaired) electrons. The van der Waals surface area contributed by atoms with Crippen LogP contribution >= 0.6 is 0 Å². The molecule has 10 heteroatoms. The highest BCUT2D eigenvalue weighted by Crippen LogP contribution is 2.16. The molecule has 1 amide bonds. The summed E-state index contributed by atoms with van der Waals surface area (Å²) in [7, 11) is -1.69. The molecule has 0 aromatic carbocycles. The van der Waals surface area contributed by atoms with Crippen molar-refractivity contribution in [1.82, 2.24) is 20.7 Å². The van der Waals surface area contributed by atoms with Gasteiger partial charge in [0.25, 0.3) is 0 Å². The zero-order valence-corrected chi connectivity index (χ0v) is 19.6. The van der Waals surface area contributed by atoms with Crippen LogP contribution in [-0.2, 0) is 14.8 Å². The van der Waals surface area contributed by atoms with Crippen LogP contribution in [0.15, 0.2) is 4.99 Å². The second-order valence-electron chi connectivity index (χ2n) is 8.65. The van der Waals surface area contributed by atoms with Crippen molar-refractivity contribution >= 4 is 22.1 Å². The lowest BCUT2D eigenvalue weighted by molar-refractivity contribution is 0.0448. The Kier molecular flexibility index (Phi) is 9.72. The third-order valence-electron chi connectivity index (χ3n) is 4.10. The highest BCUT2D eigenvalue weighted by Gasteiger charge is 2.31. The Hall–Kier alpha value is -1.55. The number of carbonyl (C=O) groups is 1. The number of guanidine groups is 1. The van der Waals surface area contributed by atoms with E-state index in [1.165, 1.54) is 0 Å². The number of hydrogen-bond donors (Lipinski definition) is 4. The summed E-state index contributed by atoms with van der Waals surface area (Å²) in [6, 6.07) is 0. The number of hydrogen-bond acceptors (Lipinski definition) is 5. The first-order valence-electron chi connectivity index (χ1n) is 9.51. The van der Waals surface area contributed by atoms with Crippen molar-refractivity contribution in [2.75, 3.05) is 26.4 Å². The van der Waals surface area contributed by atoms with Gasteiger partial charge in [-0.1, -0.05) is 13.8 Å². The normalized spacial score (nSPS) is 13.8. The van der Waals surface area contributed by atoms with Gasteiger partial charge in [-0.15, -0.1) is 0 Å². The zero-order valence-electron chi connectivity index (χ0n) is 18.8. The molecule has 4 N–H and O–H groups in total. The summed E-state index contributed by atoms with van der Waals surface area (Å²) in [6.07, 6.45) is 2.07. The molecule has 28 heavy (non-hydrogen) atoms. The smallest absolute Gasteiger partial charge is 0.408 e. The number of rotatable bonds is 9. The Balaban J connectivity index is 4.93. The average Bonchev–Trinajstić information content (AvgIpc) is 2.49. The number of aliphatic imine (C=N–C) groups is 1. The fourth-order valence-corrected chi connectivity index (χ4v) is 3.63. The summed E-state index contributed by atoms with van der Waals surface area (Å²) in [5.74, 6) is 0.514. The molecule has 0 saturated carbocycles. The molecule has 0 aromatic heterocycles. The molecule has 0 atom stereocenters. The Morgan fingerprint density at radius 3 is 1.89 bits per heavy atom. The van der Waals surface area contributed by atoms with Crippen LogP contribution in [0, 0.1) is 0 Å². The van der Waals surface area contributed by atoms with E-state index in [1.807, 2.05) is 34.6 Å². The summed E-state index contributed by atoms with van der Waals surface area (Å²) in [4.78, 5) is 16.4. The van der Waals surface area contributed by atoms with E-state index >= 15 is 0 Å². The first kappa shape index (κ1) is 26.4. The monoisotopic (exact) mass is 421 g/mol. The Bertz CT molecular complexity index is 635. The maximum Gasteiger partial charge on any atom is 0.408 e. The van der Waals surface area contributed by atoms with E-state index in [9.17, 15) is 13.2 Å². The van der Waals surface area contributed by atoms with Gasteiger partial charge >= 0.3 is 6.09 Å². The lowest BCUT2D eigenvalue weighted by atomic mass is 9.93. The molecule has 9 nitrogen and oxygen atoms in total. The first-order valence-corrected chi connectivity index (χ1v) is 11.4. The number of alkyl carbamates (subject to hydrolysis) is 1. The number of carbonyl (C=O) groups excluding carboxylic acids is 1. The van der Waals surface area contributed by atoms with Crippen molar-refractivity contribution < 1.29 is 17.9 Å². The van der Waals surface area contributed by atoms with Crippen LogP contribution in [-0.4, -0.2) is 63.5 Å². The predicted molar refractivity (Wildman–Crippen MR) is 114 cm³/mol. The minimum atomic E-state index is -3.32. The Morgan fingerprint density at radius 2 is 1.50 bits per heavy atom. The zero-order chi connectivity index (χ0) is 22.2. The van der Waals surface area contributed by atoms with Gasteiger partial charge in [0.05, 0.1) is 11.8 Å². The number of nitrogens with zero attached hydrogens (tertiary/aromatic N) is 1. The fourth-order valence-electron chi connectivity index (χ4n) is 2.56. The SMILES string of the molecule is CCC(CC)(CNC(=NC)NCC(C)(C)NS(C)(=O)=O)NC(=O)OC(C)(C)C. The molecule has 166 valence electrons. The number of ether oxygens (including phenoxy) is 1. The van der Waals surface area contributed by atoms with Gasteiger partial charge in [0.1, 0.15) is 5.60 Å². The van der Waals surface area contributed by atoms with Gasteiger partial charge in [0.2, 0.25) is 10.0 Å². The standard InChI is InChI=1S/C18H39N5O4S/c1-10-18(11-2,22-15(24)27-16(3,4)5)13-21-14(19-8)20-12-17(6,7)23-28(9,25)26/h23H,10-13H2,1-9H3,(H,22,24)(H2,19,20,21). The van der Waals surface area contributed by atoms with E-state index in [4.69, 9.17) is 4.74 Å². The summed E-state index contributed by atoms with van der Waals surface area (Å²) in [6.45, 7) is 13.8. The molecule has 0 spiro atoms. The summed E-state index contributed by atoms with van der Waals surface area (Å²) in [5, 5.41) is 9.29. The maximum absolute atomic E-state index is 12.2. The lowest BCUT2D eigenvalue weighted by Gasteiger charge is -2.35. The molecular weight excluding hydrogens is 382 g/mol. The summed E-state index contributed by atoms with van der Waals surface area (Å²) < 4.78 is 30.9. The van der Waals surface area contributed by atoms with Crippen LogP contribution in [0.5, 0.6) is 0 Å². The molecule has 0 fully saturated rings. The van der Waals surface area contributed by atoms with Crippen LogP contribution < -0.4 is 20.7 Å². The van der Waals surface area contributed by atoms with Crippen LogP contribution in [0.2, 0.25) is 0 Å². The molecular formula is C18H39N5O4S. The highest BCUT2D eigenvalue weighted by molar-refractivity contribution is 7.88. The minimum absolute atomic E-state index is 0.338. The van der Waals surface area contributed by atoms with Crippen molar-refractivity contribution in [2.45, 2.75) is 78.0 Å². The maximum atomic E-state index is 12.2. The molecule has 0 rings (SSSR count). The van der Waals surface area contributed by atoms with E-state index in [0.717, 1.165) is 6.26 Å². The quantitative estimate of drug-likeness (QED) is 0.331. The van der Waals surface area contributed by atoms with Gasteiger partial charge < -0.3 is 20.7 Å². The van der Waals surface area contributed by atoms with E-state index in [2.05, 4.69) is 25.7 Å². The first-order chi connectivity index (χ1) is 12.6. The van der Waals surface area contributed by atoms with Crippen molar-refractivity contribution in [3.63, 3.8) is 0 Å². The summed E-state index contributed by atoms with van der Waals surface area (Å²) >= 11 is 0. The van der Waals surface area contributed by atoms with Crippen LogP contribution in [0.1, 0.15) is 61.3 Å². The van der Waals surface area contributed by atoms with Gasteiger partial charge in [-0.05, 0) is 47.5 Å². The summed E-state index contributed by atoms with van der Waals surface area (Å²) in [5.41, 5.74) is -1.76. The number of nitrogens with one attached hydrogen (secondary N) is 4. The third kappa shape index (κ3) is 11.3. The number of sulfonamides is 1. The molecule has 0 heterocycles. The van der Waals surface area contributed by atoms with Gasteiger partial charge in [0, 0.05) is 25.7 Å². The van der Waals surface area contributed by atoms with Gasteiger partial charge in [-0.25, -0.2) is 17.9 Å². The number of amides is 1. The fraction of sp³-hybridized carbons (Fsp3) is 0.889. The highest BCUT2D eigenvalue weighted by atomic mass is 32.2. The third-order valence-corrected chi connectivity index (χ3v) is 5.02. The molecule has 0 aliphatic rings. The molecule has 0 aromatic rings. The van der Waals surface area contributed by atoms with E-state index in [-0.39, 0.29) is 0 Å². The van der Waals surface area contributed by atoms with Crippen molar-refractivity contribution in [3.05, 3.63) is 0 Å². The van der Waals surface area contributed by atoms with Gasteiger partial charge in [0.15, 0.2) is 5.96 Å². The molecule has 0 bridgehead atoms. The van der Waals surface area contributed by atoms with Crippen LogP contribution in [0.25, 0.3) is 0 Å². The van der Waals surface area contributed by atoms with E-state index in [0.29, 0.717) is 31.9 Å². The molecule has 0 unspecified atom stereocenters. The Labute approximate surface area is 170 Å².